The van der Waals surface area contributed by atoms with Gasteiger partial charge < -0.3 is 4.90 Å². The maximum absolute atomic E-state index is 13.3. The Balaban J connectivity index is 1.55. The van der Waals surface area contributed by atoms with Crippen LogP contribution in [-0.4, -0.2) is 36.1 Å². The van der Waals surface area contributed by atoms with Gasteiger partial charge in [-0.05, 0) is 55.1 Å². The van der Waals surface area contributed by atoms with Crippen LogP contribution in [0.4, 0.5) is 0 Å². The van der Waals surface area contributed by atoms with Crippen LogP contribution in [0.15, 0.2) is 66.7 Å². The van der Waals surface area contributed by atoms with E-state index in [1.54, 1.807) is 6.08 Å². The third-order valence-corrected chi connectivity index (χ3v) is 6.56. The Bertz CT molecular complexity index is 880. The Labute approximate surface area is 179 Å². The molecule has 1 heterocycles. The summed E-state index contributed by atoms with van der Waals surface area (Å²) in [6.45, 7) is 2.93. The van der Waals surface area contributed by atoms with Crippen LogP contribution in [0.1, 0.15) is 55.6 Å². The van der Waals surface area contributed by atoms with Crippen molar-refractivity contribution in [2.75, 3.05) is 19.6 Å². The van der Waals surface area contributed by atoms with Crippen LogP contribution in [-0.2, 0) is 9.59 Å². The minimum Gasteiger partial charge on any atom is -0.303 e. The molecule has 3 nitrogen and oxygen atoms in total. The fraction of sp³-hybridized carbons (Fsp3) is 0.407. The zero-order valence-corrected chi connectivity index (χ0v) is 17.6. The molecule has 1 fully saturated rings. The van der Waals surface area contributed by atoms with Gasteiger partial charge in [0.2, 0.25) is 0 Å². The van der Waals surface area contributed by atoms with Gasteiger partial charge in [-0.2, -0.15) is 0 Å². The van der Waals surface area contributed by atoms with E-state index in [9.17, 15) is 9.59 Å². The van der Waals surface area contributed by atoms with Gasteiger partial charge in [0.05, 0.1) is 5.92 Å². The van der Waals surface area contributed by atoms with E-state index < -0.39 is 5.92 Å². The number of hydrogen-bond donors (Lipinski definition) is 0. The van der Waals surface area contributed by atoms with E-state index in [4.69, 9.17) is 0 Å². The second-order valence-electron chi connectivity index (χ2n) is 8.61. The third kappa shape index (κ3) is 4.96. The van der Waals surface area contributed by atoms with Gasteiger partial charge in [0.25, 0.3) is 0 Å². The second-order valence-corrected chi connectivity index (χ2v) is 8.61. The Kier molecular flexibility index (Phi) is 6.91. The smallest absolute Gasteiger partial charge is 0.167 e. The lowest BCUT2D eigenvalue weighted by Gasteiger charge is -2.31. The van der Waals surface area contributed by atoms with Crippen molar-refractivity contribution in [3.63, 3.8) is 0 Å². The molecule has 0 saturated carbocycles. The first kappa shape index (κ1) is 20.7. The second kappa shape index (κ2) is 9.99. The fourth-order valence-corrected chi connectivity index (χ4v) is 4.90. The molecule has 1 aliphatic carbocycles. The predicted octanol–water partition coefficient (Wildman–Crippen LogP) is 5.28. The maximum atomic E-state index is 13.3. The zero-order chi connectivity index (χ0) is 20.8. The summed E-state index contributed by atoms with van der Waals surface area (Å²) >= 11 is 0. The molecule has 30 heavy (non-hydrogen) atoms. The Hall–Kier alpha value is -2.52. The van der Waals surface area contributed by atoms with Crippen molar-refractivity contribution in [2.24, 2.45) is 5.92 Å². The molecule has 2 aliphatic rings. The summed E-state index contributed by atoms with van der Waals surface area (Å²) in [6.07, 6.45) is 7.92. The van der Waals surface area contributed by atoms with Gasteiger partial charge in [-0.25, -0.2) is 0 Å². The van der Waals surface area contributed by atoms with Crippen LogP contribution in [0.3, 0.4) is 0 Å². The van der Waals surface area contributed by atoms with E-state index in [0.717, 1.165) is 42.8 Å². The molecule has 0 radical (unpaired) electrons. The Morgan fingerprint density at radius 2 is 1.50 bits per heavy atom. The highest BCUT2D eigenvalue weighted by molar-refractivity contribution is 6.12. The van der Waals surface area contributed by atoms with Gasteiger partial charge >= 0.3 is 0 Å². The zero-order valence-electron chi connectivity index (χ0n) is 17.6. The predicted molar refractivity (Wildman–Crippen MR) is 121 cm³/mol. The van der Waals surface area contributed by atoms with Crippen LogP contribution >= 0.6 is 0 Å². The quantitative estimate of drug-likeness (QED) is 0.618. The standard InChI is InChI=1S/C27H31NO2/c29-25(15-18-28-16-9-1-2-10-17-28)27-24(22-13-7-4-8-14-22)19-23(20-26(27)30)21-11-5-3-6-12-21/h3-8,11-14,20,24,27H,1-2,9-10,15-19H2. The lowest BCUT2D eigenvalue weighted by molar-refractivity contribution is -0.131. The Morgan fingerprint density at radius 3 is 2.17 bits per heavy atom. The minimum absolute atomic E-state index is 0.0326. The molecule has 1 aliphatic heterocycles. The molecular formula is C27H31NO2. The Morgan fingerprint density at radius 1 is 0.867 bits per heavy atom. The first-order valence-corrected chi connectivity index (χ1v) is 11.3. The number of benzene rings is 2. The average Bonchev–Trinajstić information content (AvgIpc) is 3.07. The van der Waals surface area contributed by atoms with Crippen LogP contribution in [0.25, 0.3) is 5.57 Å². The lowest BCUT2D eigenvalue weighted by atomic mass is 9.71. The summed E-state index contributed by atoms with van der Waals surface area (Å²) in [5, 5.41) is 0. The molecule has 0 N–H and O–H groups in total. The highest BCUT2D eigenvalue weighted by atomic mass is 16.1. The topological polar surface area (TPSA) is 37.4 Å². The van der Waals surface area contributed by atoms with E-state index in [1.807, 2.05) is 48.5 Å². The molecule has 2 atom stereocenters. The van der Waals surface area contributed by atoms with E-state index >= 15 is 0 Å². The van der Waals surface area contributed by atoms with Crippen molar-refractivity contribution in [2.45, 2.75) is 44.4 Å². The monoisotopic (exact) mass is 401 g/mol. The van der Waals surface area contributed by atoms with Crippen LogP contribution < -0.4 is 0 Å². The minimum atomic E-state index is -0.563. The molecule has 2 unspecified atom stereocenters. The number of ketones is 2. The van der Waals surface area contributed by atoms with Crippen molar-refractivity contribution >= 4 is 17.1 Å². The third-order valence-electron chi connectivity index (χ3n) is 6.56. The number of allylic oxidation sites excluding steroid dienone is 2. The normalized spacial score (nSPS) is 22.9. The summed E-state index contributed by atoms with van der Waals surface area (Å²) in [4.78, 5) is 28.9. The fourth-order valence-electron chi connectivity index (χ4n) is 4.90. The van der Waals surface area contributed by atoms with Gasteiger partial charge in [-0.1, -0.05) is 73.5 Å². The van der Waals surface area contributed by atoms with Crippen molar-refractivity contribution in [3.8, 4) is 0 Å². The molecule has 0 amide bonds. The number of Topliss-reactive ketones (excluding diaryl/α,β-unsaturated/α-hetero) is 1. The van der Waals surface area contributed by atoms with E-state index in [-0.39, 0.29) is 17.5 Å². The van der Waals surface area contributed by atoms with Crippen LogP contribution in [0, 0.1) is 5.92 Å². The summed E-state index contributed by atoms with van der Waals surface area (Å²) in [5.41, 5.74) is 3.19. The van der Waals surface area contributed by atoms with Crippen molar-refractivity contribution in [1.82, 2.24) is 4.90 Å². The van der Waals surface area contributed by atoms with Crippen molar-refractivity contribution in [1.29, 1.82) is 0 Å². The summed E-state index contributed by atoms with van der Waals surface area (Å²) < 4.78 is 0. The maximum Gasteiger partial charge on any atom is 0.167 e. The first-order valence-electron chi connectivity index (χ1n) is 11.3. The van der Waals surface area contributed by atoms with E-state index in [0.29, 0.717) is 6.42 Å². The summed E-state index contributed by atoms with van der Waals surface area (Å²) in [7, 11) is 0. The van der Waals surface area contributed by atoms with E-state index in [1.165, 1.54) is 25.7 Å². The highest BCUT2D eigenvalue weighted by Crippen LogP contribution is 2.40. The van der Waals surface area contributed by atoms with E-state index in [2.05, 4.69) is 17.0 Å². The average molecular weight is 402 g/mol. The number of hydrogen-bond acceptors (Lipinski definition) is 3. The number of rotatable bonds is 6. The van der Waals surface area contributed by atoms with Crippen molar-refractivity contribution < 1.29 is 9.59 Å². The molecular weight excluding hydrogens is 370 g/mol. The highest BCUT2D eigenvalue weighted by Gasteiger charge is 2.38. The van der Waals surface area contributed by atoms with Gasteiger partial charge in [0.15, 0.2) is 5.78 Å². The number of carbonyl (C=O) groups excluding carboxylic acids is 2. The number of carbonyl (C=O) groups is 2. The SMILES string of the molecule is O=C1C=C(c2ccccc2)CC(c2ccccc2)C1C(=O)CCN1CCCCCC1. The molecule has 3 heteroatoms. The van der Waals surface area contributed by atoms with Gasteiger partial charge in [-0.3, -0.25) is 9.59 Å². The molecule has 1 saturated heterocycles. The van der Waals surface area contributed by atoms with Gasteiger partial charge in [-0.15, -0.1) is 0 Å². The van der Waals surface area contributed by atoms with Crippen LogP contribution in [0.5, 0.6) is 0 Å². The summed E-state index contributed by atoms with van der Waals surface area (Å²) in [5.74, 6) is -0.585. The molecule has 0 bridgehead atoms. The molecule has 4 rings (SSSR count). The molecule has 156 valence electrons. The van der Waals surface area contributed by atoms with Crippen LogP contribution in [0.2, 0.25) is 0 Å². The number of likely N-dealkylation sites (tertiary alicyclic amines) is 1. The van der Waals surface area contributed by atoms with Gasteiger partial charge in [0.1, 0.15) is 5.78 Å². The first-order chi connectivity index (χ1) is 14.7. The molecule has 0 aromatic heterocycles. The summed E-state index contributed by atoms with van der Waals surface area (Å²) in [6, 6.07) is 20.2. The molecule has 2 aromatic rings. The largest absolute Gasteiger partial charge is 0.303 e. The molecule has 0 spiro atoms. The van der Waals surface area contributed by atoms with Gasteiger partial charge in [0, 0.05) is 18.9 Å². The molecule has 2 aromatic carbocycles. The number of nitrogens with zero attached hydrogens (tertiary/aromatic N) is 1. The lowest BCUT2D eigenvalue weighted by Crippen LogP contribution is -2.35. The van der Waals surface area contributed by atoms with Crippen molar-refractivity contribution in [3.05, 3.63) is 77.9 Å².